The number of alkyl halides is 3. The van der Waals surface area contributed by atoms with Crippen LogP contribution in [0.2, 0.25) is 0 Å². The molecule has 1 atom stereocenters. The van der Waals surface area contributed by atoms with E-state index in [-0.39, 0.29) is 23.5 Å². The molecule has 15 heteroatoms. The number of halogens is 4. The fourth-order valence-corrected chi connectivity index (χ4v) is 4.61. The number of oxazole rings is 1. The molecule has 1 unspecified atom stereocenters. The Kier molecular flexibility index (Phi) is 7.97. The summed E-state index contributed by atoms with van der Waals surface area (Å²) in [6.07, 6.45) is -3.16. The van der Waals surface area contributed by atoms with Gasteiger partial charge in [-0.1, -0.05) is 12.1 Å². The minimum Gasteiger partial charge on any atom is -0.417 e. The van der Waals surface area contributed by atoms with Gasteiger partial charge in [0.2, 0.25) is 5.76 Å². The highest BCUT2D eigenvalue weighted by atomic mass is 19.4. The summed E-state index contributed by atoms with van der Waals surface area (Å²) in [5.74, 6) is -2.03. The van der Waals surface area contributed by atoms with Gasteiger partial charge in [-0.2, -0.15) is 18.2 Å². The SMILES string of the molecule is COC1CCN(c2nc(C(F)(F)F)c(C(=O)Nc3ccc(N4CCN(C(=O)Nc5ccccc5F)CC4)nc3)o2)C1. The van der Waals surface area contributed by atoms with E-state index >= 15 is 0 Å². The Morgan fingerprint density at radius 2 is 1.78 bits per heavy atom. The van der Waals surface area contributed by atoms with Crippen LogP contribution in [0.3, 0.4) is 0 Å². The topological polar surface area (TPSA) is 116 Å². The Labute approximate surface area is 232 Å². The standard InChI is InChI=1S/C26H27F4N7O4/c1-40-17-8-9-37(15-17)25-34-22(26(28,29)30)21(41-25)23(38)32-16-6-7-20(31-14-16)35-10-12-36(13-11-35)24(39)33-19-5-3-2-4-18(19)27/h2-7,14,17H,8-13,15H2,1H3,(H,32,38)(H,33,39). The van der Waals surface area contributed by atoms with Gasteiger partial charge in [-0.3, -0.25) is 4.79 Å². The zero-order chi connectivity index (χ0) is 29.1. The molecule has 218 valence electrons. The third-order valence-electron chi connectivity index (χ3n) is 6.85. The van der Waals surface area contributed by atoms with Crippen molar-refractivity contribution in [1.29, 1.82) is 0 Å². The first-order valence-corrected chi connectivity index (χ1v) is 12.8. The summed E-state index contributed by atoms with van der Waals surface area (Å²) in [6.45, 7) is 2.28. The monoisotopic (exact) mass is 577 g/mol. The lowest BCUT2D eigenvalue weighted by Crippen LogP contribution is -2.50. The first-order valence-electron chi connectivity index (χ1n) is 12.8. The molecule has 5 rings (SSSR count). The molecule has 0 saturated carbocycles. The zero-order valence-corrected chi connectivity index (χ0v) is 21.9. The van der Waals surface area contributed by atoms with Crippen molar-refractivity contribution in [3.63, 3.8) is 0 Å². The van der Waals surface area contributed by atoms with Gasteiger partial charge in [0.05, 0.1) is 23.7 Å². The van der Waals surface area contributed by atoms with E-state index in [0.717, 1.165) is 0 Å². The first kappa shape index (κ1) is 28.1. The van der Waals surface area contributed by atoms with E-state index < -0.39 is 35.4 Å². The van der Waals surface area contributed by atoms with Crippen LogP contribution in [-0.2, 0) is 10.9 Å². The van der Waals surface area contributed by atoms with E-state index in [0.29, 0.717) is 51.5 Å². The Balaban J connectivity index is 1.19. The number of aromatic nitrogens is 2. The van der Waals surface area contributed by atoms with E-state index in [1.165, 1.54) is 42.5 Å². The predicted octanol–water partition coefficient (Wildman–Crippen LogP) is 4.06. The third-order valence-corrected chi connectivity index (χ3v) is 6.85. The number of hydrogen-bond donors (Lipinski definition) is 2. The molecule has 2 aliphatic rings. The van der Waals surface area contributed by atoms with Crippen LogP contribution >= 0.6 is 0 Å². The number of pyridine rings is 1. The summed E-state index contributed by atoms with van der Waals surface area (Å²) in [7, 11) is 1.51. The molecular weight excluding hydrogens is 550 g/mol. The van der Waals surface area contributed by atoms with Gasteiger partial charge >= 0.3 is 12.2 Å². The van der Waals surface area contributed by atoms with Gasteiger partial charge < -0.3 is 34.5 Å². The molecule has 0 bridgehead atoms. The number of urea groups is 1. The van der Waals surface area contributed by atoms with Crippen molar-refractivity contribution in [3.05, 3.63) is 59.9 Å². The maximum Gasteiger partial charge on any atom is 0.437 e. The minimum absolute atomic E-state index is 0.0962. The summed E-state index contributed by atoms with van der Waals surface area (Å²) >= 11 is 0. The molecule has 4 heterocycles. The summed E-state index contributed by atoms with van der Waals surface area (Å²) < 4.78 is 65.3. The van der Waals surface area contributed by atoms with Crippen molar-refractivity contribution in [2.45, 2.75) is 18.7 Å². The summed E-state index contributed by atoms with van der Waals surface area (Å²) in [5.41, 5.74) is -1.15. The number of hydrogen-bond acceptors (Lipinski definition) is 8. The van der Waals surface area contributed by atoms with Crippen molar-refractivity contribution in [2.75, 3.05) is 66.8 Å². The van der Waals surface area contributed by atoms with Crippen molar-refractivity contribution in [1.82, 2.24) is 14.9 Å². The average Bonchev–Trinajstić information content (AvgIpc) is 3.63. The molecule has 3 aromatic rings. The van der Waals surface area contributed by atoms with Gasteiger partial charge in [0.1, 0.15) is 11.6 Å². The lowest BCUT2D eigenvalue weighted by atomic mass is 10.3. The molecule has 3 amide bonds. The number of carbonyl (C=O) groups is 2. The molecular formula is C26H27F4N7O4. The highest BCUT2D eigenvalue weighted by Gasteiger charge is 2.42. The Morgan fingerprint density at radius 3 is 2.41 bits per heavy atom. The molecule has 2 fully saturated rings. The Bertz CT molecular complexity index is 1390. The highest BCUT2D eigenvalue weighted by Crippen LogP contribution is 2.35. The molecule has 2 saturated heterocycles. The molecule has 0 aliphatic carbocycles. The number of nitrogens with zero attached hydrogens (tertiary/aromatic N) is 5. The van der Waals surface area contributed by atoms with Crippen LogP contribution in [0.25, 0.3) is 0 Å². The second-order valence-electron chi connectivity index (χ2n) is 9.51. The maximum absolute atomic E-state index is 13.8. The second-order valence-corrected chi connectivity index (χ2v) is 9.51. The minimum atomic E-state index is -4.90. The van der Waals surface area contributed by atoms with Crippen LogP contribution in [0.4, 0.5) is 45.6 Å². The number of methoxy groups -OCH3 is 1. The van der Waals surface area contributed by atoms with Gasteiger partial charge in [-0.05, 0) is 30.7 Å². The second kappa shape index (κ2) is 11.6. The number of rotatable bonds is 6. The summed E-state index contributed by atoms with van der Waals surface area (Å²) in [4.78, 5) is 38.1. The van der Waals surface area contributed by atoms with Crippen molar-refractivity contribution >= 4 is 35.1 Å². The number of anilines is 4. The quantitative estimate of drug-likeness (QED) is 0.422. The molecule has 2 aliphatic heterocycles. The smallest absolute Gasteiger partial charge is 0.417 e. The number of amides is 3. The van der Waals surface area contributed by atoms with Gasteiger partial charge in [0.25, 0.3) is 11.9 Å². The van der Waals surface area contributed by atoms with E-state index in [1.54, 1.807) is 17.0 Å². The number of carbonyl (C=O) groups excluding carboxylic acids is 2. The fraction of sp³-hybridized carbons (Fsp3) is 0.385. The fourth-order valence-electron chi connectivity index (χ4n) is 4.61. The van der Waals surface area contributed by atoms with Gasteiger partial charge in [0.15, 0.2) is 5.69 Å². The van der Waals surface area contributed by atoms with Crippen molar-refractivity contribution in [3.8, 4) is 0 Å². The normalized spacial score (nSPS) is 17.6. The number of nitrogens with one attached hydrogen (secondary N) is 2. The van der Waals surface area contributed by atoms with E-state index in [1.807, 2.05) is 4.90 Å². The van der Waals surface area contributed by atoms with Crippen molar-refractivity contribution < 1.29 is 36.3 Å². The largest absolute Gasteiger partial charge is 0.437 e. The maximum atomic E-state index is 13.8. The van der Waals surface area contributed by atoms with Gasteiger partial charge in [0, 0.05) is 46.4 Å². The summed E-state index contributed by atoms with van der Waals surface area (Å²) in [5, 5.41) is 4.94. The molecule has 0 spiro atoms. The number of para-hydroxylation sites is 1. The molecule has 1 aromatic carbocycles. The van der Waals surface area contributed by atoms with Crippen LogP contribution in [0.5, 0.6) is 0 Å². The lowest BCUT2D eigenvalue weighted by molar-refractivity contribution is -0.141. The number of piperazine rings is 1. The Hall–Kier alpha value is -4.40. The third kappa shape index (κ3) is 6.34. The molecule has 0 radical (unpaired) electrons. The van der Waals surface area contributed by atoms with Crippen LogP contribution in [-0.4, -0.2) is 79.3 Å². The van der Waals surface area contributed by atoms with Gasteiger partial charge in [-0.25, -0.2) is 14.2 Å². The van der Waals surface area contributed by atoms with Crippen LogP contribution in [0.1, 0.15) is 22.7 Å². The zero-order valence-electron chi connectivity index (χ0n) is 21.9. The number of benzene rings is 1. The van der Waals surface area contributed by atoms with E-state index in [4.69, 9.17) is 9.15 Å². The average molecular weight is 578 g/mol. The lowest BCUT2D eigenvalue weighted by Gasteiger charge is -2.35. The molecule has 2 aromatic heterocycles. The summed E-state index contributed by atoms with van der Waals surface area (Å²) in [6, 6.07) is 8.29. The van der Waals surface area contributed by atoms with Gasteiger partial charge in [-0.15, -0.1) is 0 Å². The molecule has 41 heavy (non-hydrogen) atoms. The van der Waals surface area contributed by atoms with Crippen molar-refractivity contribution in [2.24, 2.45) is 0 Å². The van der Waals surface area contributed by atoms with Crippen LogP contribution in [0.15, 0.2) is 47.0 Å². The number of ether oxygens (including phenoxy) is 1. The molecule has 11 nitrogen and oxygen atoms in total. The molecule has 2 N–H and O–H groups in total. The van der Waals surface area contributed by atoms with E-state index in [9.17, 15) is 27.2 Å². The predicted molar refractivity (Wildman–Crippen MR) is 141 cm³/mol. The Morgan fingerprint density at radius 1 is 1.02 bits per heavy atom. The van der Waals surface area contributed by atoms with E-state index in [2.05, 4.69) is 20.6 Å². The van der Waals surface area contributed by atoms with Crippen LogP contribution in [0, 0.1) is 5.82 Å². The van der Waals surface area contributed by atoms with Crippen LogP contribution < -0.4 is 20.4 Å². The highest BCUT2D eigenvalue weighted by molar-refractivity contribution is 6.03. The first-order chi connectivity index (χ1) is 19.6.